The summed E-state index contributed by atoms with van der Waals surface area (Å²) in [6.45, 7) is 10.3. The molecule has 0 unspecified atom stereocenters. The molecule has 33 heavy (non-hydrogen) atoms. The van der Waals surface area contributed by atoms with Crippen LogP contribution < -0.4 is 16.4 Å². The molecule has 0 spiro atoms. The van der Waals surface area contributed by atoms with Gasteiger partial charge in [0.2, 0.25) is 5.91 Å². The minimum absolute atomic E-state index is 0. The van der Waals surface area contributed by atoms with Crippen molar-refractivity contribution in [3.05, 3.63) is 22.8 Å². The molecule has 6 nitrogen and oxygen atoms in total. The first-order valence-corrected chi connectivity index (χ1v) is 11.4. The van der Waals surface area contributed by atoms with E-state index in [1.165, 1.54) is 38.2 Å². The number of hydrogen-bond donors (Lipinski definition) is 3. The summed E-state index contributed by atoms with van der Waals surface area (Å²) >= 11 is 0. The summed E-state index contributed by atoms with van der Waals surface area (Å²) in [5, 5.41) is 6.35. The quantitative estimate of drug-likeness (QED) is 0.215. The predicted molar refractivity (Wildman–Crippen MR) is 144 cm³/mol. The molecule has 0 aromatic rings. The number of allylic oxidation sites excluding steroid dienone is 4. The highest BCUT2D eigenvalue weighted by atomic mass is 35.5. The number of carbonyl (C=O) groups is 3. The second-order valence-electron chi connectivity index (χ2n) is 8.94. The maximum Gasteiger partial charge on any atom is 0.220 e. The first-order chi connectivity index (χ1) is 14.2. The van der Waals surface area contributed by atoms with E-state index in [0.29, 0.717) is 23.3 Å². The molecule has 1 rings (SSSR count). The van der Waals surface area contributed by atoms with Crippen molar-refractivity contribution in [2.24, 2.45) is 11.1 Å². The molecule has 194 valence electrons. The standard InChI is InChI=1S/C24H41N3O3.3ClH/c1-18-16-20(28)22(19(2)23(18)30)24(3,4)17-21(29)27-15-11-14-26-13-10-8-6-5-7-9-12-25;;;/h16,26H,5-15,17,25H2,1-4H3,(H,27,29);3*1H. The van der Waals surface area contributed by atoms with Crippen LogP contribution in [0, 0.1) is 5.41 Å². The zero-order chi connectivity index (χ0) is 22.6. The molecule has 0 radical (unpaired) electrons. The van der Waals surface area contributed by atoms with E-state index in [-0.39, 0.29) is 61.1 Å². The highest BCUT2D eigenvalue weighted by Crippen LogP contribution is 2.36. The van der Waals surface area contributed by atoms with Gasteiger partial charge in [0.25, 0.3) is 0 Å². The number of ketones is 2. The van der Waals surface area contributed by atoms with Gasteiger partial charge in [-0.15, -0.1) is 37.2 Å². The largest absolute Gasteiger partial charge is 0.356 e. The van der Waals surface area contributed by atoms with Crippen molar-refractivity contribution in [2.45, 2.75) is 79.1 Å². The Morgan fingerprint density at radius 1 is 0.879 bits per heavy atom. The lowest BCUT2D eigenvalue weighted by Gasteiger charge is -2.29. The number of halogens is 3. The third-order valence-corrected chi connectivity index (χ3v) is 5.61. The van der Waals surface area contributed by atoms with Crippen LogP contribution in [0.2, 0.25) is 0 Å². The molecule has 0 heterocycles. The fraction of sp³-hybridized carbons (Fsp3) is 0.708. The first-order valence-electron chi connectivity index (χ1n) is 11.4. The van der Waals surface area contributed by atoms with Gasteiger partial charge >= 0.3 is 0 Å². The molecule has 0 aromatic heterocycles. The van der Waals surface area contributed by atoms with E-state index in [9.17, 15) is 14.4 Å². The molecule has 1 amide bonds. The Bertz CT molecular complexity index is 677. The second kappa shape index (κ2) is 19.4. The van der Waals surface area contributed by atoms with Gasteiger partial charge in [0.15, 0.2) is 11.6 Å². The number of Topliss-reactive ketones (excluding diaryl/α,β-unsaturated/α-hetero) is 1. The van der Waals surface area contributed by atoms with Crippen molar-refractivity contribution in [1.29, 1.82) is 0 Å². The normalized spacial score (nSPS) is 13.5. The van der Waals surface area contributed by atoms with E-state index >= 15 is 0 Å². The van der Waals surface area contributed by atoms with E-state index in [2.05, 4.69) is 10.6 Å². The number of nitrogens with two attached hydrogens (primary N) is 1. The first kappa shape index (κ1) is 36.6. The van der Waals surface area contributed by atoms with Crippen molar-refractivity contribution >= 4 is 54.7 Å². The van der Waals surface area contributed by atoms with E-state index in [4.69, 9.17) is 5.73 Å². The summed E-state index contributed by atoms with van der Waals surface area (Å²) < 4.78 is 0. The molecule has 1 aliphatic rings. The number of nitrogens with one attached hydrogen (secondary N) is 2. The molecular formula is C24H44Cl3N3O3. The lowest BCUT2D eigenvalue weighted by molar-refractivity contribution is -0.123. The van der Waals surface area contributed by atoms with Gasteiger partial charge in [0.05, 0.1) is 0 Å². The van der Waals surface area contributed by atoms with E-state index in [1.807, 2.05) is 13.8 Å². The molecular weight excluding hydrogens is 485 g/mol. The van der Waals surface area contributed by atoms with Crippen LogP contribution in [0.25, 0.3) is 0 Å². The number of rotatable bonds is 15. The van der Waals surface area contributed by atoms with Crippen molar-refractivity contribution in [2.75, 3.05) is 26.2 Å². The van der Waals surface area contributed by atoms with Crippen molar-refractivity contribution < 1.29 is 14.4 Å². The predicted octanol–water partition coefficient (Wildman–Crippen LogP) is 4.48. The monoisotopic (exact) mass is 527 g/mol. The highest BCUT2D eigenvalue weighted by molar-refractivity contribution is 6.22. The topological polar surface area (TPSA) is 101 Å². The lowest BCUT2D eigenvalue weighted by Crippen LogP contribution is -2.35. The molecule has 0 saturated carbocycles. The van der Waals surface area contributed by atoms with Gasteiger partial charge in [-0.25, -0.2) is 0 Å². The molecule has 9 heteroatoms. The third-order valence-electron chi connectivity index (χ3n) is 5.61. The van der Waals surface area contributed by atoms with Gasteiger partial charge in [-0.2, -0.15) is 0 Å². The van der Waals surface area contributed by atoms with Gasteiger partial charge in [-0.05, 0) is 58.8 Å². The molecule has 0 bridgehead atoms. The van der Waals surface area contributed by atoms with Gasteiger partial charge in [-0.3, -0.25) is 14.4 Å². The van der Waals surface area contributed by atoms with Gasteiger partial charge < -0.3 is 16.4 Å². The van der Waals surface area contributed by atoms with Crippen molar-refractivity contribution in [1.82, 2.24) is 10.6 Å². The highest BCUT2D eigenvalue weighted by Gasteiger charge is 2.35. The molecule has 0 aromatic carbocycles. The number of amides is 1. The van der Waals surface area contributed by atoms with E-state index in [1.54, 1.807) is 13.8 Å². The smallest absolute Gasteiger partial charge is 0.220 e. The van der Waals surface area contributed by atoms with Crippen LogP contribution in [0.3, 0.4) is 0 Å². The number of hydrogen-bond acceptors (Lipinski definition) is 5. The summed E-state index contributed by atoms with van der Waals surface area (Å²) in [5.41, 5.74) is 6.18. The molecule has 0 atom stereocenters. The molecule has 1 aliphatic carbocycles. The minimum Gasteiger partial charge on any atom is -0.356 e. The van der Waals surface area contributed by atoms with Crippen LogP contribution >= 0.6 is 37.2 Å². The third kappa shape index (κ3) is 13.5. The number of unbranched alkanes of at least 4 members (excludes halogenated alkanes) is 5. The molecule has 4 N–H and O–H groups in total. The number of carbonyl (C=O) groups excluding carboxylic acids is 3. The van der Waals surface area contributed by atoms with Crippen LogP contribution in [0.1, 0.15) is 79.1 Å². The fourth-order valence-electron chi connectivity index (χ4n) is 3.99. The Hall–Kier alpha value is -0.920. The zero-order valence-corrected chi connectivity index (χ0v) is 23.0. The average molecular weight is 529 g/mol. The lowest BCUT2D eigenvalue weighted by atomic mass is 9.73. The maximum atomic E-state index is 12.4. The van der Waals surface area contributed by atoms with E-state index in [0.717, 1.165) is 32.5 Å². The zero-order valence-electron chi connectivity index (χ0n) is 20.6. The van der Waals surface area contributed by atoms with Crippen LogP contribution in [0.4, 0.5) is 0 Å². The Labute approximate surface area is 218 Å². The summed E-state index contributed by atoms with van der Waals surface area (Å²) in [4.78, 5) is 37.0. The maximum absolute atomic E-state index is 12.4. The van der Waals surface area contributed by atoms with Crippen LogP contribution in [0.5, 0.6) is 0 Å². The van der Waals surface area contributed by atoms with E-state index < -0.39 is 5.41 Å². The fourth-order valence-corrected chi connectivity index (χ4v) is 3.99. The average Bonchev–Trinajstić information content (AvgIpc) is 2.66. The van der Waals surface area contributed by atoms with Crippen LogP contribution in [-0.2, 0) is 14.4 Å². The SMILES string of the molecule is CC1=CC(=O)C(C(C)(C)CC(=O)NCCCNCCCCCCCCN)=C(C)C1=O.Cl.Cl.Cl. The van der Waals surface area contributed by atoms with Crippen molar-refractivity contribution in [3.63, 3.8) is 0 Å². The van der Waals surface area contributed by atoms with Crippen molar-refractivity contribution in [3.8, 4) is 0 Å². The Balaban J connectivity index is -0.00000300. The van der Waals surface area contributed by atoms with Gasteiger partial charge in [0.1, 0.15) is 0 Å². The second-order valence-corrected chi connectivity index (χ2v) is 8.94. The van der Waals surface area contributed by atoms with Crippen LogP contribution in [0.15, 0.2) is 22.8 Å². The summed E-state index contributed by atoms with van der Waals surface area (Å²) in [7, 11) is 0. The Morgan fingerprint density at radius 2 is 1.42 bits per heavy atom. The molecule has 0 aliphatic heterocycles. The van der Waals surface area contributed by atoms with Gasteiger partial charge in [0, 0.05) is 35.1 Å². The molecule has 0 fully saturated rings. The van der Waals surface area contributed by atoms with Gasteiger partial charge in [-0.1, -0.05) is 39.5 Å². The summed E-state index contributed by atoms with van der Waals surface area (Å²) in [6, 6.07) is 0. The Kier molecular flexibility index (Phi) is 21.5. The summed E-state index contributed by atoms with van der Waals surface area (Å²) in [6.07, 6.45) is 9.76. The Morgan fingerprint density at radius 3 is 2.03 bits per heavy atom. The molecule has 0 saturated heterocycles. The van der Waals surface area contributed by atoms with Crippen LogP contribution in [-0.4, -0.2) is 43.7 Å². The summed E-state index contributed by atoms with van der Waals surface area (Å²) in [5.74, 6) is -0.366. The minimum atomic E-state index is -0.680.